The first-order valence-corrected chi connectivity index (χ1v) is 7.59. The van der Waals surface area contributed by atoms with Gasteiger partial charge in [0.05, 0.1) is 18.4 Å². The van der Waals surface area contributed by atoms with Gasteiger partial charge in [0.25, 0.3) is 5.91 Å². The average molecular weight is 394 g/mol. The van der Waals surface area contributed by atoms with Crippen molar-refractivity contribution in [3.05, 3.63) is 63.2 Å². The molecular weight excluding hydrogens is 379 g/mol. The van der Waals surface area contributed by atoms with E-state index < -0.39 is 0 Å². The summed E-state index contributed by atoms with van der Waals surface area (Å²) in [6.45, 7) is 2.39. The first-order valence-electron chi connectivity index (χ1n) is 6.51. The first kappa shape index (κ1) is 15.5. The lowest BCUT2D eigenvalue weighted by Crippen LogP contribution is -2.18. The van der Waals surface area contributed by atoms with Crippen LogP contribution in [0.25, 0.3) is 0 Å². The number of rotatable bonds is 5. The van der Waals surface area contributed by atoms with Gasteiger partial charge in [0.2, 0.25) is 0 Å². The van der Waals surface area contributed by atoms with E-state index in [9.17, 15) is 4.79 Å². The summed E-state index contributed by atoms with van der Waals surface area (Å²) < 4.78 is 6.54. The van der Waals surface area contributed by atoms with E-state index in [2.05, 4.69) is 33.1 Å². The molecule has 5 heteroatoms. The number of hydrogen-bond acceptors (Lipinski definition) is 3. The molecule has 21 heavy (non-hydrogen) atoms. The van der Waals surface area contributed by atoms with Crippen LogP contribution < -0.4 is 10.2 Å². The van der Waals surface area contributed by atoms with E-state index in [0.717, 1.165) is 9.13 Å². The number of para-hydroxylation sites is 1. The van der Waals surface area contributed by atoms with Crippen LogP contribution in [0.1, 0.15) is 22.8 Å². The van der Waals surface area contributed by atoms with Gasteiger partial charge in [0.15, 0.2) is 0 Å². The Bertz CT molecular complexity index is 656. The van der Waals surface area contributed by atoms with Crippen molar-refractivity contribution in [2.45, 2.75) is 6.92 Å². The summed E-state index contributed by atoms with van der Waals surface area (Å²) in [5.74, 6) is 0.267. The molecule has 0 saturated carbocycles. The summed E-state index contributed by atoms with van der Waals surface area (Å²) in [6.07, 6.45) is 1.61. The number of carbonyl (C=O) groups is 1. The molecule has 0 aliphatic carbocycles. The predicted octanol–water partition coefficient (Wildman–Crippen LogP) is 3.45. The molecule has 0 aliphatic heterocycles. The minimum absolute atomic E-state index is 0.291. The van der Waals surface area contributed by atoms with Crippen LogP contribution in [0.5, 0.6) is 5.75 Å². The van der Waals surface area contributed by atoms with Crippen LogP contribution in [0.15, 0.2) is 53.6 Å². The Labute approximate surface area is 137 Å². The summed E-state index contributed by atoms with van der Waals surface area (Å²) in [5, 5.41) is 3.98. The Morgan fingerprint density at radius 2 is 2.10 bits per heavy atom. The van der Waals surface area contributed by atoms with E-state index in [1.807, 2.05) is 37.3 Å². The van der Waals surface area contributed by atoms with Crippen LogP contribution in [0.2, 0.25) is 0 Å². The zero-order chi connectivity index (χ0) is 15.1. The minimum Gasteiger partial charge on any atom is -0.493 e. The maximum atomic E-state index is 12.1. The molecule has 0 bridgehead atoms. The number of ether oxygens (including phenoxy) is 1. The molecule has 0 heterocycles. The summed E-state index contributed by atoms with van der Waals surface area (Å²) >= 11 is 2.23. The highest BCUT2D eigenvalue weighted by atomic mass is 127. The Morgan fingerprint density at radius 3 is 2.86 bits per heavy atom. The molecule has 0 fully saturated rings. The van der Waals surface area contributed by atoms with Crippen molar-refractivity contribution in [3.8, 4) is 5.75 Å². The highest BCUT2D eigenvalue weighted by molar-refractivity contribution is 14.1. The normalized spacial score (nSPS) is 10.6. The van der Waals surface area contributed by atoms with E-state index in [4.69, 9.17) is 4.74 Å². The third-order valence-corrected chi connectivity index (χ3v) is 3.33. The van der Waals surface area contributed by atoms with Crippen LogP contribution >= 0.6 is 22.6 Å². The standard InChI is InChI=1S/C16H15IN2O2/c1-2-21-15-9-4-3-8-14(15)16(20)19-18-11-12-6-5-7-13(17)10-12/h3-11H,2H2,1H3,(H,19,20). The molecule has 0 aromatic heterocycles. The lowest BCUT2D eigenvalue weighted by atomic mass is 10.2. The predicted molar refractivity (Wildman–Crippen MR) is 91.8 cm³/mol. The SMILES string of the molecule is CCOc1ccccc1C(=O)NN=Cc1cccc(I)c1. The Kier molecular flexibility index (Phi) is 5.74. The van der Waals surface area contributed by atoms with Crippen molar-refractivity contribution in [1.29, 1.82) is 0 Å². The number of carbonyl (C=O) groups excluding carboxylic acids is 1. The molecule has 108 valence electrons. The molecule has 0 unspecified atom stereocenters. The summed E-state index contributed by atoms with van der Waals surface area (Å²) in [5.41, 5.74) is 3.92. The van der Waals surface area contributed by atoms with Crippen LogP contribution in [0.3, 0.4) is 0 Å². The number of hydrogen-bond donors (Lipinski definition) is 1. The third kappa shape index (κ3) is 4.56. The second-order valence-electron chi connectivity index (χ2n) is 4.18. The Morgan fingerprint density at radius 1 is 1.29 bits per heavy atom. The molecule has 1 amide bonds. The molecule has 0 aliphatic rings. The van der Waals surface area contributed by atoms with Crippen LogP contribution in [0.4, 0.5) is 0 Å². The average Bonchev–Trinajstić information content (AvgIpc) is 2.48. The van der Waals surface area contributed by atoms with Crippen LogP contribution in [0, 0.1) is 3.57 Å². The van der Waals surface area contributed by atoms with E-state index in [1.165, 1.54) is 0 Å². The second-order valence-corrected chi connectivity index (χ2v) is 5.43. The highest BCUT2D eigenvalue weighted by Crippen LogP contribution is 2.17. The van der Waals surface area contributed by atoms with Crippen molar-refractivity contribution in [2.75, 3.05) is 6.61 Å². The fourth-order valence-corrected chi connectivity index (χ4v) is 2.32. The number of nitrogens with one attached hydrogen (secondary N) is 1. The van der Waals surface area contributed by atoms with Gasteiger partial charge in [-0.1, -0.05) is 24.3 Å². The topological polar surface area (TPSA) is 50.7 Å². The summed E-state index contributed by atoms with van der Waals surface area (Å²) in [4.78, 5) is 12.1. The Hall–Kier alpha value is -1.89. The maximum absolute atomic E-state index is 12.1. The van der Waals surface area contributed by atoms with Crippen molar-refractivity contribution in [2.24, 2.45) is 5.10 Å². The van der Waals surface area contributed by atoms with Crippen molar-refractivity contribution in [1.82, 2.24) is 5.43 Å². The molecule has 2 aromatic rings. The number of nitrogens with zero attached hydrogens (tertiary/aromatic N) is 1. The zero-order valence-corrected chi connectivity index (χ0v) is 13.7. The van der Waals surface area contributed by atoms with Crippen molar-refractivity contribution >= 4 is 34.7 Å². The van der Waals surface area contributed by atoms with Crippen LogP contribution in [-0.4, -0.2) is 18.7 Å². The van der Waals surface area contributed by atoms with Crippen molar-refractivity contribution in [3.63, 3.8) is 0 Å². The molecule has 0 radical (unpaired) electrons. The number of benzene rings is 2. The van der Waals surface area contributed by atoms with Gasteiger partial charge >= 0.3 is 0 Å². The zero-order valence-electron chi connectivity index (χ0n) is 11.5. The van der Waals surface area contributed by atoms with Gasteiger partial charge in [-0.15, -0.1) is 0 Å². The monoisotopic (exact) mass is 394 g/mol. The number of halogens is 1. The lowest BCUT2D eigenvalue weighted by Gasteiger charge is -2.08. The van der Waals surface area contributed by atoms with E-state index in [-0.39, 0.29) is 5.91 Å². The van der Waals surface area contributed by atoms with Gasteiger partial charge in [-0.2, -0.15) is 5.10 Å². The lowest BCUT2D eigenvalue weighted by molar-refractivity contribution is 0.0951. The quantitative estimate of drug-likeness (QED) is 0.480. The number of amides is 1. The first-order chi connectivity index (χ1) is 10.2. The molecule has 2 rings (SSSR count). The van der Waals surface area contributed by atoms with Gasteiger partial charge in [0.1, 0.15) is 5.75 Å². The van der Waals surface area contributed by atoms with Crippen molar-refractivity contribution < 1.29 is 9.53 Å². The fourth-order valence-electron chi connectivity index (χ4n) is 1.75. The molecule has 0 spiro atoms. The smallest absolute Gasteiger partial charge is 0.275 e. The van der Waals surface area contributed by atoms with E-state index in [0.29, 0.717) is 17.9 Å². The van der Waals surface area contributed by atoms with Gasteiger partial charge in [-0.25, -0.2) is 5.43 Å². The minimum atomic E-state index is -0.291. The second kappa shape index (κ2) is 7.78. The Balaban J connectivity index is 2.05. The largest absolute Gasteiger partial charge is 0.493 e. The summed E-state index contributed by atoms with van der Waals surface area (Å²) in [6, 6.07) is 14.9. The van der Waals surface area contributed by atoms with Gasteiger partial charge in [0, 0.05) is 3.57 Å². The summed E-state index contributed by atoms with van der Waals surface area (Å²) in [7, 11) is 0. The molecule has 1 N–H and O–H groups in total. The van der Waals surface area contributed by atoms with E-state index in [1.54, 1.807) is 24.4 Å². The van der Waals surface area contributed by atoms with E-state index >= 15 is 0 Å². The van der Waals surface area contributed by atoms with Gasteiger partial charge in [-0.05, 0) is 59.3 Å². The maximum Gasteiger partial charge on any atom is 0.275 e. The highest BCUT2D eigenvalue weighted by Gasteiger charge is 2.10. The number of hydrazone groups is 1. The van der Waals surface area contributed by atoms with Gasteiger partial charge < -0.3 is 4.74 Å². The third-order valence-electron chi connectivity index (χ3n) is 2.66. The molecule has 2 aromatic carbocycles. The molecule has 4 nitrogen and oxygen atoms in total. The van der Waals surface area contributed by atoms with Gasteiger partial charge in [-0.3, -0.25) is 4.79 Å². The van der Waals surface area contributed by atoms with Crippen LogP contribution in [-0.2, 0) is 0 Å². The molecule has 0 saturated heterocycles. The molecular formula is C16H15IN2O2. The molecule has 0 atom stereocenters. The fraction of sp³-hybridized carbons (Fsp3) is 0.125.